The topological polar surface area (TPSA) is 52.0 Å². The van der Waals surface area contributed by atoms with Gasteiger partial charge in [-0.1, -0.05) is 6.92 Å². The first-order valence-electron chi connectivity index (χ1n) is 3.24. The Balaban J connectivity index is 2.37. The summed E-state index contributed by atoms with van der Waals surface area (Å²) in [6.45, 7) is 2.04. The van der Waals surface area contributed by atoms with Crippen molar-refractivity contribution in [3.63, 3.8) is 0 Å². The van der Waals surface area contributed by atoms with E-state index in [0.29, 0.717) is 5.92 Å². The highest BCUT2D eigenvalue weighted by atomic mass is 15.0. The van der Waals surface area contributed by atoms with Gasteiger partial charge in [0, 0.05) is 0 Å². The normalized spacial score (nSPS) is 21.4. The van der Waals surface area contributed by atoms with Gasteiger partial charge < -0.3 is 11.5 Å². The van der Waals surface area contributed by atoms with Crippen LogP contribution >= 0.6 is 0 Å². The Morgan fingerprint density at radius 1 is 1.50 bits per heavy atom. The lowest BCUT2D eigenvalue weighted by atomic mass is 10.0. The lowest BCUT2D eigenvalue weighted by Gasteiger charge is -2.21. The van der Waals surface area contributed by atoms with Gasteiger partial charge in [-0.3, -0.25) is 0 Å². The van der Waals surface area contributed by atoms with Gasteiger partial charge in [-0.2, -0.15) is 0 Å². The summed E-state index contributed by atoms with van der Waals surface area (Å²) in [5.41, 5.74) is 11.1. The van der Waals surface area contributed by atoms with Crippen LogP contribution in [-0.2, 0) is 0 Å². The van der Waals surface area contributed by atoms with Gasteiger partial charge in [0.1, 0.15) is 0 Å². The van der Waals surface area contributed by atoms with Crippen LogP contribution in [0.5, 0.6) is 0 Å². The number of rotatable bonds is 2. The van der Waals surface area contributed by atoms with Crippen LogP contribution in [0.25, 0.3) is 0 Å². The van der Waals surface area contributed by atoms with Crippen molar-refractivity contribution in [2.75, 3.05) is 0 Å². The minimum Gasteiger partial charge on any atom is -0.313 e. The molecule has 1 rings (SSSR count). The van der Waals surface area contributed by atoms with Crippen LogP contribution in [0.15, 0.2) is 0 Å². The van der Waals surface area contributed by atoms with Crippen LogP contribution in [0.3, 0.4) is 0 Å². The van der Waals surface area contributed by atoms with Gasteiger partial charge in [-0.05, 0) is 25.2 Å². The molecule has 0 aromatic heterocycles. The van der Waals surface area contributed by atoms with Crippen molar-refractivity contribution in [2.45, 2.75) is 31.8 Å². The molecule has 0 bridgehead atoms. The Bertz CT molecular complexity index is 84.5. The van der Waals surface area contributed by atoms with E-state index in [0.717, 1.165) is 6.42 Å². The largest absolute Gasteiger partial charge is 0.313 e. The third-order valence-corrected chi connectivity index (χ3v) is 1.95. The maximum absolute atomic E-state index is 5.70. The van der Waals surface area contributed by atoms with E-state index < -0.39 is 0 Å². The number of hydrogen-bond acceptors (Lipinski definition) is 2. The van der Waals surface area contributed by atoms with Crippen LogP contribution in [0, 0.1) is 5.92 Å². The molecule has 0 atom stereocenters. The van der Waals surface area contributed by atoms with Crippen LogP contribution in [0.1, 0.15) is 26.2 Å². The molecule has 0 heterocycles. The molecule has 1 aliphatic carbocycles. The Labute approximate surface area is 50.2 Å². The molecule has 4 N–H and O–H groups in total. The van der Waals surface area contributed by atoms with Gasteiger partial charge in [0.15, 0.2) is 0 Å². The van der Waals surface area contributed by atoms with Gasteiger partial charge >= 0.3 is 0 Å². The van der Waals surface area contributed by atoms with Crippen LogP contribution in [0.2, 0.25) is 0 Å². The molecule has 0 spiro atoms. The summed E-state index contributed by atoms with van der Waals surface area (Å²) in [4.78, 5) is 0. The highest BCUT2D eigenvalue weighted by molar-refractivity contribution is 4.92. The zero-order chi connectivity index (χ0) is 6.20. The Kier molecular flexibility index (Phi) is 1.29. The molecule has 1 aliphatic rings. The van der Waals surface area contributed by atoms with E-state index in [1.807, 2.05) is 6.92 Å². The number of nitrogens with two attached hydrogens (primary N) is 2. The molecule has 0 unspecified atom stereocenters. The van der Waals surface area contributed by atoms with E-state index >= 15 is 0 Å². The molecule has 0 radical (unpaired) electrons. The molecular weight excluding hydrogens is 100 g/mol. The summed E-state index contributed by atoms with van der Waals surface area (Å²) in [6, 6.07) is 0. The lowest BCUT2D eigenvalue weighted by Crippen LogP contribution is -2.50. The minimum absolute atomic E-state index is 0.347. The maximum atomic E-state index is 5.70. The highest BCUT2D eigenvalue weighted by Crippen LogP contribution is 2.36. The minimum atomic E-state index is -0.347. The molecular formula is C6H14N2. The van der Waals surface area contributed by atoms with Gasteiger partial charge in [0.25, 0.3) is 0 Å². The van der Waals surface area contributed by atoms with Crippen LogP contribution < -0.4 is 11.5 Å². The average Bonchev–Trinajstić information content (AvgIpc) is 2.44. The van der Waals surface area contributed by atoms with Gasteiger partial charge in [0.05, 0.1) is 5.66 Å². The summed E-state index contributed by atoms with van der Waals surface area (Å²) in [6.07, 6.45) is 3.37. The van der Waals surface area contributed by atoms with Crippen LogP contribution in [0.4, 0.5) is 0 Å². The fourth-order valence-electron chi connectivity index (χ4n) is 0.909. The summed E-state index contributed by atoms with van der Waals surface area (Å²) < 4.78 is 0. The smallest absolute Gasteiger partial charge is 0.0662 e. The van der Waals surface area contributed by atoms with E-state index in [2.05, 4.69) is 0 Å². The van der Waals surface area contributed by atoms with E-state index in [1.54, 1.807) is 0 Å². The predicted molar refractivity (Wildman–Crippen MR) is 34.1 cm³/mol. The molecule has 0 aliphatic heterocycles. The molecule has 8 heavy (non-hydrogen) atoms. The summed E-state index contributed by atoms with van der Waals surface area (Å²) >= 11 is 0. The summed E-state index contributed by atoms with van der Waals surface area (Å²) in [5.74, 6) is 0.618. The predicted octanol–water partition coefficient (Wildman–Crippen LogP) is 0.420. The van der Waals surface area contributed by atoms with E-state index in [-0.39, 0.29) is 5.66 Å². The van der Waals surface area contributed by atoms with Crippen molar-refractivity contribution >= 4 is 0 Å². The monoisotopic (exact) mass is 114 g/mol. The number of hydrogen-bond donors (Lipinski definition) is 2. The first-order chi connectivity index (χ1) is 3.67. The Hall–Kier alpha value is -0.0800. The summed E-state index contributed by atoms with van der Waals surface area (Å²) in [7, 11) is 0. The molecule has 2 heteroatoms. The zero-order valence-electron chi connectivity index (χ0n) is 5.35. The van der Waals surface area contributed by atoms with Crippen molar-refractivity contribution in [3.05, 3.63) is 0 Å². The molecule has 48 valence electrons. The molecule has 0 aromatic rings. The molecule has 0 saturated heterocycles. The van der Waals surface area contributed by atoms with Crippen molar-refractivity contribution in [1.82, 2.24) is 0 Å². The second kappa shape index (κ2) is 1.71. The third-order valence-electron chi connectivity index (χ3n) is 1.95. The first kappa shape index (κ1) is 6.05. The molecule has 1 saturated carbocycles. The highest BCUT2D eigenvalue weighted by Gasteiger charge is 2.37. The molecule has 0 aromatic carbocycles. The quantitative estimate of drug-likeness (QED) is 0.511. The lowest BCUT2D eigenvalue weighted by molar-refractivity contribution is 0.372. The van der Waals surface area contributed by atoms with Crippen molar-refractivity contribution in [1.29, 1.82) is 0 Å². The first-order valence-corrected chi connectivity index (χ1v) is 3.24. The second-order valence-corrected chi connectivity index (χ2v) is 2.74. The maximum Gasteiger partial charge on any atom is 0.0662 e. The molecule has 1 fully saturated rings. The SMILES string of the molecule is CCC(N)(N)C1CC1. The molecule has 2 nitrogen and oxygen atoms in total. The van der Waals surface area contributed by atoms with E-state index in [9.17, 15) is 0 Å². The second-order valence-electron chi connectivity index (χ2n) is 2.74. The Morgan fingerprint density at radius 3 is 2.12 bits per heavy atom. The van der Waals surface area contributed by atoms with Crippen molar-refractivity contribution in [2.24, 2.45) is 17.4 Å². The summed E-state index contributed by atoms with van der Waals surface area (Å²) in [5, 5.41) is 0. The van der Waals surface area contributed by atoms with Gasteiger partial charge in [0.2, 0.25) is 0 Å². The fourth-order valence-corrected chi connectivity index (χ4v) is 0.909. The Morgan fingerprint density at radius 2 is 2.00 bits per heavy atom. The zero-order valence-corrected chi connectivity index (χ0v) is 5.35. The van der Waals surface area contributed by atoms with Crippen LogP contribution in [-0.4, -0.2) is 5.66 Å². The third kappa shape index (κ3) is 1.01. The molecule has 0 amide bonds. The van der Waals surface area contributed by atoms with E-state index in [4.69, 9.17) is 11.5 Å². The van der Waals surface area contributed by atoms with Gasteiger partial charge in [-0.25, -0.2) is 0 Å². The fraction of sp³-hybridized carbons (Fsp3) is 1.00. The average molecular weight is 114 g/mol. The standard InChI is InChI=1S/C6H14N2/c1-2-6(7,8)5-3-4-5/h5H,2-4,7-8H2,1H3. The van der Waals surface area contributed by atoms with Gasteiger partial charge in [-0.15, -0.1) is 0 Å². The van der Waals surface area contributed by atoms with Crippen molar-refractivity contribution in [3.8, 4) is 0 Å². The van der Waals surface area contributed by atoms with E-state index in [1.165, 1.54) is 12.8 Å². The van der Waals surface area contributed by atoms with Crippen molar-refractivity contribution < 1.29 is 0 Å².